The Morgan fingerprint density at radius 3 is 2.45 bits per heavy atom. The maximum absolute atomic E-state index is 12.5. The number of fused-ring (bicyclic) bond motifs is 1. The van der Waals surface area contributed by atoms with Crippen molar-refractivity contribution in [2.45, 2.75) is 20.3 Å². The Morgan fingerprint density at radius 1 is 0.862 bits per heavy atom. The van der Waals surface area contributed by atoms with E-state index in [1.165, 1.54) is 0 Å². The van der Waals surface area contributed by atoms with Crippen molar-refractivity contribution in [2.24, 2.45) is 0 Å². The van der Waals surface area contributed by atoms with Crippen LogP contribution in [0.5, 0.6) is 0 Å². The summed E-state index contributed by atoms with van der Waals surface area (Å²) in [4.78, 5) is 26.4. The molecule has 3 heterocycles. The van der Waals surface area contributed by atoms with E-state index >= 15 is 0 Å². The Bertz CT molecular complexity index is 1190. The molecule has 0 amide bonds. The number of aromatic nitrogens is 3. The van der Waals surface area contributed by atoms with Gasteiger partial charge in [0.15, 0.2) is 0 Å². The van der Waals surface area contributed by atoms with Crippen LogP contribution in [0.1, 0.15) is 29.8 Å². The predicted octanol–water partition coefficient (Wildman–Crippen LogP) is 5.10. The van der Waals surface area contributed by atoms with Gasteiger partial charge in [0.1, 0.15) is 0 Å². The lowest BCUT2D eigenvalue weighted by molar-refractivity contribution is 0.0526. The molecule has 0 fully saturated rings. The second-order valence-corrected chi connectivity index (χ2v) is 6.64. The summed E-state index contributed by atoms with van der Waals surface area (Å²) in [5.74, 6) is -0.384. The molecule has 0 saturated heterocycles. The largest absolute Gasteiger partial charge is 0.462 e. The average Bonchev–Trinajstić information content (AvgIpc) is 2.78. The Labute approximate surface area is 169 Å². The number of nitrogens with zero attached hydrogens (tertiary/aromatic N) is 3. The highest BCUT2D eigenvalue weighted by atomic mass is 16.5. The van der Waals surface area contributed by atoms with Crippen molar-refractivity contribution in [3.63, 3.8) is 0 Å². The zero-order valence-electron chi connectivity index (χ0n) is 16.4. The van der Waals surface area contributed by atoms with Crippen molar-refractivity contribution in [2.75, 3.05) is 6.61 Å². The van der Waals surface area contributed by atoms with Gasteiger partial charge in [-0.3, -0.25) is 4.98 Å². The zero-order valence-corrected chi connectivity index (χ0v) is 16.4. The van der Waals surface area contributed by atoms with Gasteiger partial charge in [0.25, 0.3) is 0 Å². The Morgan fingerprint density at radius 2 is 1.66 bits per heavy atom. The Balaban J connectivity index is 1.87. The maximum atomic E-state index is 12.5. The third-order valence-corrected chi connectivity index (χ3v) is 4.69. The molecule has 0 spiro atoms. The lowest BCUT2D eigenvalue weighted by Crippen LogP contribution is -2.06. The molecule has 1 aromatic carbocycles. The summed E-state index contributed by atoms with van der Waals surface area (Å²) in [6, 6.07) is 19.2. The number of rotatable bonds is 5. The maximum Gasteiger partial charge on any atom is 0.338 e. The molecule has 4 aromatic rings. The van der Waals surface area contributed by atoms with Crippen LogP contribution in [0.25, 0.3) is 33.7 Å². The monoisotopic (exact) mass is 383 g/mol. The van der Waals surface area contributed by atoms with Gasteiger partial charge in [0, 0.05) is 11.6 Å². The number of ether oxygens (including phenoxy) is 1. The van der Waals surface area contributed by atoms with E-state index in [1.54, 1.807) is 25.3 Å². The molecule has 5 heteroatoms. The summed E-state index contributed by atoms with van der Waals surface area (Å²) in [6.45, 7) is 4.19. The van der Waals surface area contributed by atoms with E-state index < -0.39 is 0 Å². The van der Waals surface area contributed by atoms with Crippen LogP contribution in [0.15, 0.2) is 66.9 Å². The topological polar surface area (TPSA) is 65.0 Å². The molecule has 0 bridgehead atoms. The van der Waals surface area contributed by atoms with Gasteiger partial charge in [-0.15, -0.1) is 0 Å². The third-order valence-electron chi connectivity index (χ3n) is 4.69. The van der Waals surface area contributed by atoms with Crippen molar-refractivity contribution in [1.29, 1.82) is 0 Å². The highest BCUT2D eigenvalue weighted by molar-refractivity contribution is 5.92. The van der Waals surface area contributed by atoms with E-state index in [0.717, 1.165) is 28.6 Å². The number of hydrogen-bond acceptors (Lipinski definition) is 5. The van der Waals surface area contributed by atoms with E-state index in [1.807, 2.05) is 48.5 Å². The Kier molecular flexibility index (Phi) is 5.29. The van der Waals surface area contributed by atoms with Crippen LogP contribution in [-0.4, -0.2) is 27.5 Å². The van der Waals surface area contributed by atoms with Crippen molar-refractivity contribution >= 4 is 16.9 Å². The molecule has 0 aliphatic carbocycles. The highest BCUT2D eigenvalue weighted by Gasteiger charge is 2.15. The number of benzene rings is 1. The molecule has 144 valence electrons. The number of aryl methyl sites for hydroxylation is 1. The minimum atomic E-state index is -0.384. The molecule has 0 aliphatic rings. The van der Waals surface area contributed by atoms with Crippen LogP contribution in [0, 0.1) is 0 Å². The molecular formula is C24H21N3O2. The van der Waals surface area contributed by atoms with Crippen LogP contribution < -0.4 is 0 Å². The molecule has 0 unspecified atom stereocenters. The lowest BCUT2D eigenvalue weighted by atomic mass is 10.1. The van der Waals surface area contributed by atoms with Crippen molar-refractivity contribution in [3.8, 4) is 22.8 Å². The lowest BCUT2D eigenvalue weighted by Gasteiger charge is -2.10. The molecule has 0 aliphatic heterocycles. The molecule has 5 nitrogen and oxygen atoms in total. The van der Waals surface area contributed by atoms with Crippen LogP contribution in [-0.2, 0) is 11.2 Å². The Hall–Kier alpha value is -3.60. The number of esters is 1. The van der Waals surface area contributed by atoms with Gasteiger partial charge in [-0.2, -0.15) is 0 Å². The number of pyridine rings is 3. The highest BCUT2D eigenvalue weighted by Crippen LogP contribution is 2.25. The summed E-state index contributed by atoms with van der Waals surface area (Å²) >= 11 is 0. The number of para-hydroxylation sites is 1. The second kappa shape index (κ2) is 8.19. The number of carbonyl (C=O) groups excluding carboxylic acids is 1. The van der Waals surface area contributed by atoms with E-state index in [4.69, 9.17) is 14.7 Å². The van der Waals surface area contributed by atoms with Crippen LogP contribution in [0.4, 0.5) is 0 Å². The molecular weight excluding hydrogens is 362 g/mol. The van der Waals surface area contributed by atoms with Crippen molar-refractivity contribution in [3.05, 3.63) is 78.0 Å². The smallest absolute Gasteiger partial charge is 0.338 e. The average molecular weight is 383 g/mol. The quantitative estimate of drug-likeness (QED) is 0.449. The molecule has 29 heavy (non-hydrogen) atoms. The summed E-state index contributed by atoms with van der Waals surface area (Å²) in [6.07, 6.45) is 2.66. The van der Waals surface area contributed by atoms with Crippen LogP contribution in [0.2, 0.25) is 0 Å². The van der Waals surface area contributed by atoms with Gasteiger partial charge >= 0.3 is 5.97 Å². The van der Waals surface area contributed by atoms with Gasteiger partial charge in [-0.05, 0) is 55.3 Å². The fraction of sp³-hybridized carbons (Fsp3) is 0.167. The summed E-state index contributed by atoms with van der Waals surface area (Å²) < 4.78 is 5.22. The second-order valence-electron chi connectivity index (χ2n) is 6.64. The minimum absolute atomic E-state index is 0.309. The van der Waals surface area contributed by atoms with Gasteiger partial charge in [0.05, 0.1) is 40.5 Å². The summed E-state index contributed by atoms with van der Waals surface area (Å²) in [7, 11) is 0. The molecule has 0 atom stereocenters. The molecule has 0 N–H and O–H groups in total. The minimum Gasteiger partial charge on any atom is -0.462 e. The van der Waals surface area contributed by atoms with Crippen molar-refractivity contribution < 1.29 is 9.53 Å². The van der Waals surface area contributed by atoms with Crippen molar-refractivity contribution in [1.82, 2.24) is 15.0 Å². The number of carbonyl (C=O) groups is 1. The van der Waals surface area contributed by atoms with E-state index in [-0.39, 0.29) is 5.97 Å². The standard InChI is InChI=1S/C24H21N3O2/c1-3-16-11-12-25-21(13-16)23-15-18(24(28)29-4-2)14-22(27-23)20-10-9-17-7-5-6-8-19(17)26-20/h5-15H,3-4H2,1-2H3. The molecule has 4 rings (SSSR count). The molecule has 3 aromatic heterocycles. The summed E-state index contributed by atoms with van der Waals surface area (Å²) in [5, 5.41) is 1.05. The first-order valence-electron chi connectivity index (χ1n) is 9.68. The first-order valence-corrected chi connectivity index (χ1v) is 9.68. The SMILES string of the molecule is CCOC(=O)c1cc(-c2cc(CC)ccn2)nc(-c2ccc3ccccc3n2)c1. The van der Waals surface area contributed by atoms with E-state index in [2.05, 4.69) is 11.9 Å². The fourth-order valence-electron chi connectivity index (χ4n) is 3.17. The molecule has 0 saturated carbocycles. The van der Waals surface area contributed by atoms with Crippen LogP contribution in [0.3, 0.4) is 0 Å². The fourth-order valence-corrected chi connectivity index (χ4v) is 3.17. The van der Waals surface area contributed by atoms with E-state index in [0.29, 0.717) is 29.3 Å². The van der Waals surface area contributed by atoms with Gasteiger partial charge < -0.3 is 4.74 Å². The normalized spacial score (nSPS) is 10.8. The predicted molar refractivity (Wildman–Crippen MR) is 114 cm³/mol. The van der Waals surface area contributed by atoms with Gasteiger partial charge in [-0.1, -0.05) is 31.2 Å². The van der Waals surface area contributed by atoms with Crippen LogP contribution >= 0.6 is 0 Å². The van der Waals surface area contributed by atoms with Gasteiger partial charge in [0.2, 0.25) is 0 Å². The van der Waals surface area contributed by atoms with Gasteiger partial charge in [-0.25, -0.2) is 14.8 Å². The van der Waals surface area contributed by atoms with E-state index in [9.17, 15) is 4.79 Å². The third kappa shape index (κ3) is 3.99. The summed E-state index contributed by atoms with van der Waals surface area (Å²) in [5.41, 5.74) is 5.12. The zero-order chi connectivity index (χ0) is 20.2. The number of hydrogen-bond donors (Lipinski definition) is 0. The first-order chi connectivity index (χ1) is 14.2. The first kappa shape index (κ1) is 18.7. The molecule has 0 radical (unpaired) electrons.